The molecule has 2 atom stereocenters. The number of carbonyl (C=O) groups excluding carboxylic acids is 1. The summed E-state index contributed by atoms with van der Waals surface area (Å²) in [6.45, 7) is 4.10. The molecule has 1 saturated heterocycles. The standard InChI is InChI=1S/C20H23NO3/c1-16-12-21(13-19(24-16)18-10-6-3-7-11-18)14-20(22)23-15-17-8-4-2-5-9-17/h2-11,16,19H,12-15H2,1H3. The van der Waals surface area contributed by atoms with Gasteiger partial charge in [0.1, 0.15) is 6.61 Å². The van der Waals surface area contributed by atoms with Crippen LogP contribution in [-0.4, -0.2) is 36.6 Å². The summed E-state index contributed by atoms with van der Waals surface area (Å²) in [6, 6.07) is 19.9. The van der Waals surface area contributed by atoms with Crippen LogP contribution in [0.2, 0.25) is 0 Å². The van der Waals surface area contributed by atoms with Crippen molar-refractivity contribution >= 4 is 5.97 Å². The Morgan fingerprint density at radius 3 is 2.46 bits per heavy atom. The molecule has 3 rings (SSSR count). The van der Waals surface area contributed by atoms with Gasteiger partial charge in [0, 0.05) is 13.1 Å². The van der Waals surface area contributed by atoms with Crippen LogP contribution in [0.4, 0.5) is 0 Å². The molecule has 0 radical (unpaired) electrons. The Labute approximate surface area is 143 Å². The zero-order chi connectivity index (χ0) is 16.8. The van der Waals surface area contributed by atoms with Gasteiger partial charge in [-0.1, -0.05) is 60.7 Å². The number of ether oxygens (including phenoxy) is 2. The maximum Gasteiger partial charge on any atom is 0.320 e. The smallest absolute Gasteiger partial charge is 0.320 e. The molecule has 1 fully saturated rings. The van der Waals surface area contributed by atoms with Crippen LogP contribution in [0.3, 0.4) is 0 Å². The first-order chi connectivity index (χ1) is 11.7. The average Bonchev–Trinajstić information content (AvgIpc) is 2.61. The predicted molar refractivity (Wildman–Crippen MR) is 92.4 cm³/mol. The van der Waals surface area contributed by atoms with E-state index in [1.54, 1.807) is 0 Å². The summed E-state index contributed by atoms with van der Waals surface area (Å²) < 4.78 is 11.4. The number of morpholine rings is 1. The van der Waals surface area contributed by atoms with Gasteiger partial charge in [-0.2, -0.15) is 0 Å². The minimum absolute atomic E-state index is 0.00290. The molecule has 24 heavy (non-hydrogen) atoms. The van der Waals surface area contributed by atoms with Crippen molar-refractivity contribution in [2.75, 3.05) is 19.6 Å². The first-order valence-corrected chi connectivity index (χ1v) is 8.33. The minimum atomic E-state index is -0.195. The van der Waals surface area contributed by atoms with E-state index in [-0.39, 0.29) is 18.2 Å². The summed E-state index contributed by atoms with van der Waals surface area (Å²) in [4.78, 5) is 14.2. The van der Waals surface area contributed by atoms with Crippen LogP contribution in [0.15, 0.2) is 60.7 Å². The monoisotopic (exact) mass is 325 g/mol. The van der Waals surface area contributed by atoms with Gasteiger partial charge in [-0.05, 0) is 18.1 Å². The van der Waals surface area contributed by atoms with Crippen molar-refractivity contribution in [2.45, 2.75) is 25.7 Å². The van der Waals surface area contributed by atoms with Crippen LogP contribution >= 0.6 is 0 Å². The van der Waals surface area contributed by atoms with Crippen molar-refractivity contribution in [1.82, 2.24) is 4.90 Å². The molecule has 0 aromatic heterocycles. The highest BCUT2D eigenvalue weighted by atomic mass is 16.5. The van der Waals surface area contributed by atoms with Gasteiger partial charge in [0.05, 0.1) is 18.8 Å². The molecule has 2 aromatic rings. The number of carbonyl (C=O) groups is 1. The third-order valence-electron chi connectivity index (χ3n) is 4.10. The van der Waals surface area contributed by atoms with E-state index < -0.39 is 0 Å². The number of hydrogen-bond acceptors (Lipinski definition) is 4. The van der Waals surface area contributed by atoms with E-state index in [9.17, 15) is 4.79 Å². The van der Waals surface area contributed by atoms with Crippen LogP contribution in [0.5, 0.6) is 0 Å². The Balaban J connectivity index is 1.53. The molecule has 0 N–H and O–H groups in total. The Morgan fingerprint density at radius 1 is 1.08 bits per heavy atom. The first-order valence-electron chi connectivity index (χ1n) is 8.33. The fourth-order valence-electron chi connectivity index (χ4n) is 2.99. The number of esters is 1. The molecule has 2 unspecified atom stereocenters. The topological polar surface area (TPSA) is 38.8 Å². The lowest BCUT2D eigenvalue weighted by Gasteiger charge is -2.36. The van der Waals surface area contributed by atoms with E-state index in [2.05, 4.69) is 17.0 Å². The molecule has 1 heterocycles. The van der Waals surface area contributed by atoms with Crippen molar-refractivity contribution in [3.8, 4) is 0 Å². The normalized spacial score (nSPS) is 21.4. The largest absolute Gasteiger partial charge is 0.460 e. The van der Waals surface area contributed by atoms with Gasteiger partial charge in [-0.3, -0.25) is 9.69 Å². The molecule has 1 aliphatic heterocycles. The van der Waals surface area contributed by atoms with Gasteiger partial charge in [0.25, 0.3) is 0 Å². The fourth-order valence-corrected chi connectivity index (χ4v) is 2.99. The van der Waals surface area contributed by atoms with Crippen molar-refractivity contribution in [3.63, 3.8) is 0 Å². The zero-order valence-corrected chi connectivity index (χ0v) is 13.9. The second kappa shape index (κ2) is 8.08. The molecule has 0 bridgehead atoms. The SMILES string of the molecule is CC1CN(CC(=O)OCc2ccccc2)CC(c2ccccc2)O1. The van der Waals surface area contributed by atoms with Crippen LogP contribution in [-0.2, 0) is 20.9 Å². The van der Waals surface area contributed by atoms with E-state index in [0.29, 0.717) is 19.7 Å². The Morgan fingerprint density at radius 2 is 1.75 bits per heavy atom. The number of benzene rings is 2. The lowest BCUT2D eigenvalue weighted by Crippen LogP contribution is -2.45. The van der Waals surface area contributed by atoms with Gasteiger partial charge in [0.15, 0.2) is 0 Å². The summed E-state index contributed by atoms with van der Waals surface area (Å²) in [5.74, 6) is -0.195. The number of hydrogen-bond donors (Lipinski definition) is 0. The second-order valence-electron chi connectivity index (χ2n) is 6.19. The lowest BCUT2D eigenvalue weighted by atomic mass is 10.1. The Bertz CT molecular complexity index is 644. The van der Waals surface area contributed by atoms with Gasteiger partial charge in [-0.25, -0.2) is 0 Å². The highest BCUT2D eigenvalue weighted by Gasteiger charge is 2.27. The molecular weight excluding hydrogens is 302 g/mol. The maximum absolute atomic E-state index is 12.1. The predicted octanol–water partition coefficient (Wildman–Crippen LogP) is 3.19. The van der Waals surface area contributed by atoms with Crippen molar-refractivity contribution in [3.05, 3.63) is 71.8 Å². The van der Waals surface area contributed by atoms with Gasteiger partial charge >= 0.3 is 5.97 Å². The van der Waals surface area contributed by atoms with Gasteiger partial charge < -0.3 is 9.47 Å². The summed E-state index contributed by atoms with van der Waals surface area (Å²) in [5.41, 5.74) is 2.15. The average molecular weight is 325 g/mol. The molecule has 126 valence electrons. The molecule has 1 aliphatic rings. The highest BCUT2D eigenvalue weighted by Crippen LogP contribution is 2.24. The summed E-state index contributed by atoms with van der Waals surface area (Å²) in [7, 11) is 0. The molecule has 4 heteroatoms. The van der Waals surface area contributed by atoms with Gasteiger partial charge in [0.2, 0.25) is 0 Å². The lowest BCUT2D eigenvalue weighted by molar-refractivity contribution is -0.150. The number of nitrogens with zero attached hydrogens (tertiary/aromatic N) is 1. The fraction of sp³-hybridized carbons (Fsp3) is 0.350. The van der Waals surface area contributed by atoms with Crippen LogP contribution in [0.25, 0.3) is 0 Å². The minimum Gasteiger partial charge on any atom is -0.460 e. The van der Waals surface area contributed by atoms with E-state index >= 15 is 0 Å². The van der Waals surface area contributed by atoms with Crippen LogP contribution in [0, 0.1) is 0 Å². The van der Waals surface area contributed by atoms with E-state index in [4.69, 9.17) is 9.47 Å². The molecule has 0 aliphatic carbocycles. The molecular formula is C20H23NO3. The van der Waals surface area contributed by atoms with Crippen molar-refractivity contribution < 1.29 is 14.3 Å². The summed E-state index contributed by atoms with van der Waals surface area (Å²) in [6.07, 6.45) is 0.0859. The van der Waals surface area contributed by atoms with E-state index in [0.717, 1.165) is 17.7 Å². The third-order valence-corrected chi connectivity index (χ3v) is 4.10. The maximum atomic E-state index is 12.1. The highest BCUT2D eigenvalue weighted by molar-refractivity contribution is 5.71. The summed E-state index contributed by atoms with van der Waals surface area (Å²) >= 11 is 0. The first kappa shape index (κ1) is 16.7. The summed E-state index contributed by atoms with van der Waals surface area (Å²) in [5, 5.41) is 0. The Kier molecular flexibility index (Phi) is 5.62. The zero-order valence-electron chi connectivity index (χ0n) is 13.9. The van der Waals surface area contributed by atoms with Crippen molar-refractivity contribution in [2.24, 2.45) is 0 Å². The quantitative estimate of drug-likeness (QED) is 0.792. The van der Waals surface area contributed by atoms with Gasteiger partial charge in [-0.15, -0.1) is 0 Å². The number of rotatable bonds is 5. The molecule has 0 amide bonds. The van der Waals surface area contributed by atoms with Crippen LogP contribution in [0.1, 0.15) is 24.2 Å². The Hall–Kier alpha value is -2.17. The van der Waals surface area contributed by atoms with E-state index in [1.165, 1.54) is 0 Å². The molecule has 2 aromatic carbocycles. The van der Waals surface area contributed by atoms with E-state index in [1.807, 2.05) is 55.5 Å². The molecule has 0 spiro atoms. The molecule has 0 saturated carbocycles. The third kappa shape index (κ3) is 4.66. The molecule has 4 nitrogen and oxygen atoms in total. The van der Waals surface area contributed by atoms with Crippen LogP contribution < -0.4 is 0 Å². The second-order valence-corrected chi connectivity index (χ2v) is 6.19. The van der Waals surface area contributed by atoms with Crippen molar-refractivity contribution in [1.29, 1.82) is 0 Å².